The first-order valence-corrected chi connectivity index (χ1v) is 8.65. The van der Waals surface area contributed by atoms with Crippen LogP contribution in [-0.2, 0) is 16.1 Å². The van der Waals surface area contributed by atoms with Crippen molar-refractivity contribution in [2.24, 2.45) is 5.92 Å². The normalized spacial score (nSPS) is 18.5. The van der Waals surface area contributed by atoms with Gasteiger partial charge in [0, 0.05) is 23.8 Å². The van der Waals surface area contributed by atoms with E-state index in [2.05, 4.69) is 26.4 Å². The van der Waals surface area contributed by atoms with E-state index in [1.54, 1.807) is 0 Å². The number of hydrogen-bond donors (Lipinski definition) is 1. The molecule has 6 nitrogen and oxygen atoms in total. The molecular formula is C17H19BrN2O4. The smallest absolute Gasteiger partial charge is 0.275 e. The van der Waals surface area contributed by atoms with E-state index in [1.165, 1.54) is 12.3 Å². The van der Waals surface area contributed by atoms with Crippen molar-refractivity contribution in [2.45, 2.75) is 25.7 Å². The van der Waals surface area contributed by atoms with Crippen LogP contribution in [0.5, 0.6) is 0 Å². The third-order valence-corrected chi connectivity index (χ3v) is 4.37. The van der Waals surface area contributed by atoms with Crippen molar-refractivity contribution in [1.82, 2.24) is 10.5 Å². The molecule has 1 fully saturated rings. The van der Waals surface area contributed by atoms with Crippen LogP contribution in [0.25, 0.3) is 0 Å². The highest BCUT2D eigenvalue weighted by Gasteiger charge is 2.23. The molecule has 2 aromatic rings. The third kappa shape index (κ3) is 4.90. The summed E-state index contributed by atoms with van der Waals surface area (Å²) in [6.07, 6.45) is 2.66. The summed E-state index contributed by atoms with van der Waals surface area (Å²) in [6.45, 7) is 1.88. The Morgan fingerprint density at radius 2 is 2.38 bits per heavy atom. The molecule has 0 saturated carbocycles. The van der Waals surface area contributed by atoms with Gasteiger partial charge in [0.1, 0.15) is 12.5 Å². The molecule has 24 heavy (non-hydrogen) atoms. The summed E-state index contributed by atoms with van der Waals surface area (Å²) < 4.78 is 17.1. The van der Waals surface area contributed by atoms with Gasteiger partial charge < -0.3 is 19.3 Å². The van der Waals surface area contributed by atoms with Gasteiger partial charge in [-0.3, -0.25) is 4.79 Å². The van der Waals surface area contributed by atoms with Crippen molar-refractivity contribution < 1.29 is 18.8 Å². The van der Waals surface area contributed by atoms with Crippen LogP contribution >= 0.6 is 15.9 Å². The molecule has 1 aliphatic rings. The molecule has 0 bridgehead atoms. The molecule has 3 rings (SSSR count). The predicted octanol–water partition coefficient (Wildman–Crippen LogP) is 3.14. The molecule has 2 unspecified atom stereocenters. The average molecular weight is 395 g/mol. The fraction of sp³-hybridized carbons (Fsp3) is 0.412. The number of nitrogens with one attached hydrogen (secondary N) is 1. The lowest BCUT2D eigenvalue weighted by Gasteiger charge is -2.21. The van der Waals surface area contributed by atoms with Gasteiger partial charge in [0.15, 0.2) is 5.69 Å². The van der Waals surface area contributed by atoms with E-state index in [9.17, 15) is 4.79 Å². The molecule has 1 aromatic heterocycles. The van der Waals surface area contributed by atoms with Crippen molar-refractivity contribution in [2.75, 3.05) is 13.2 Å². The number of nitrogens with zero attached hydrogens (tertiary/aromatic N) is 1. The number of amides is 1. The second-order valence-corrected chi connectivity index (χ2v) is 6.67. The average Bonchev–Trinajstić information content (AvgIpc) is 3.26. The summed E-state index contributed by atoms with van der Waals surface area (Å²) in [5.41, 5.74) is 1.28. The maximum atomic E-state index is 12.2. The fourth-order valence-electron chi connectivity index (χ4n) is 2.61. The molecular weight excluding hydrogens is 376 g/mol. The van der Waals surface area contributed by atoms with Gasteiger partial charge in [-0.2, -0.15) is 0 Å². The molecule has 128 valence electrons. The molecule has 2 atom stereocenters. The number of halogens is 1. The first-order valence-electron chi connectivity index (χ1n) is 7.86. The van der Waals surface area contributed by atoms with Gasteiger partial charge in [-0.1, -0.05) is 33.2 Å². The molecule has 1 amide bonds. The Labute approximate surface area is 148 Å². The minimum atomic E-state index is -0.403. The Balaban J connectivity index is 1.61. The maximum absolute atomic E-state index is 12.2. The zero-order valence-electron chi connectivity index (χ0n) is 13.1. The third-order valence-electron chi connectivity index (χ3n) is 3.87. The Morgan fingerprint density at radius 1 is 1.46 bits per heavy atom. The zero-order chi connectivity index (χ0) is 16.8. The predicted molar refractivity (Wildman–Crippen MR) is 90.2 cm³/mol. The molecule has 0 aliphatic carbocycles. The van der Waals surface area contributed by atoms with Crippen LogP contribution in [0.3, 0.4) is 0 Å². The summed E-state index contributed by atoms with van der Waals surface area (Å²) >= 11 is 3.45. The number of carbonyl (C=O) groups is 1. The number of rotatable bonds is 7. The Morgan fingerprint density at radius 3 is 3.08 bits per heavy atom. The van der Waals surface area contributed by atoms with Crippen LogP contribution in [0, 0.1) is 5.92 Å². The molecule has 0 spiro atoms. The van der Waals surface area contributed by atoms with Gasteiger partial charge in [-0.25, -0.2) is 0 Å². The first kappa shape index (κ1) is 17.1. The van der Waals surface area contributed by atoms with Crippen LogP contribution < -0.4 is 5.32 Å². The maximum Gasteiger partial charge on any atom is 0.275 e. The molecule has 1 N–H and O–H groups in total. The number of carbonyl (C=O) groups excluding carboxylic acids is 1. The van der Waals surface area contributed by atoms with Gasteiger partial charge >= 0.3 is 0 Å². The molecule has 2 heterocycles. The number of benzene rings is 1. The monoisotopic (exact) mass is 394 g/mol. The topological polar surface area (TPSA) is 73.6 Å². The van der Waals surface area contributed by atoms with Gasteiger partial charge in [0.25, 0.3) is 5.91 Å². The van der Waals surface area contributed by atoms with Crippen molar-refractivity contribution in [3.8, 4) is 0 Å². The van der Waals surface area contributed by atoms with Crippen molar-refractivity contribution in [3.63, 3.8) is 0 Å². The highest BCUT2D eigenvalue weighted by Crippen LogP contribution is 2.20. The Bertz CT molecular complexity index is 656. The Kier molecular flexibility index (Phi) is 6.01. The standard InChI is InChI=1S/C17H19BrN2O4/c18-14-3-1-2-12(8-14)11-23-16(9-13-4-6-22-10-13)19-17(21)15-5-7-24-20-15/h1-3,5,7-8,13,16H,4,6,9-11H2,(H,19,21). The molecule has 1 aliphatic heterocycles. The summed E-state index contributed by atoms with van der Waals surface area (Å²) in [5, 5.41) is 6.54. The van der Waals surface area contributed by atoms with E-state index >= 15 is 0 Å². The largest absolute Gasteiger partial charge is 0.381 e. The van der Waals surface area contributed by atoms with Crippen molar-refractivity contribution >= 4 is 21.8 Å². The lowest BCUT2D eigenvalue weighted by atomic mass is 10.0. The second-order valence-electron chi connectivity index (χ2n) is 5.75. The van der Waals surface area contributed by atoms with Crippen LogP contribution in [-0.4, -0.2) is 30.5 Å². The van der Waals surface area contributed by atoms with Gasteiger partial charge in [-0.15, -0.1) is 0 Å². The van der Waals surface area contributed by atoms with E-state index in [0.29, 0.717) is 25.6 Å². The molecule has 1 saturated heterocycles. The lowest BCUT2D eigenvalue weighted by molar-refractivity contribution is 0.00252. The van der Waals surface area contributed by atoms with Gasteiger partial charge in [0.2, 0.25) is 0 Å². The number of hydrogen-bond acceptors (Lipinski definition) is 5. The lowest BCUT2D eigenvalue weighted by Crippen LogP contribution is -2.38. The van der Waals surface area contributed by atoms with E-state index in [4.69, 9.17) is 14.0 Å². The van der Waals surface area contributed by atoms with Crippen LogP contribution in [0.2, 0.25) is 0 Å². The summed E-state index contributed by atoms with van der Waals surface area (Å²) in [4.78, 5) is 12.2. The van der Waals surface area contributed by atoms with Crippen LogP contribution in [0.4, 0.5) is 0 Å². The molecule has 1 aromatic carbocycles. The van der Waals surface area contributed by atoms with Crippen molar-refractivity contribution in [3.05, 3.63) is 52.3 Å². The van der Waals surface area contributed by atoms with E-state index in [0.717, 1.165) is 23.1 Å². The summed E-state index contributed by atoms with van der Waals surface area (Å²) in [7, 11) is 0. The minimum Gasteiger partial charge on any atom is -0.381 e. The first-order chi connectivity index (χ1) is 11.7. The number of aromatic nitrogens is 1. The zero-order valence-corrected chi connectivity index (χ0v) is 14.7. The highest BCUT2D eigenvalue weighted by atomic mass is 79.9. The molecule has 7 heteroatoms. The minimum absolute atomic E-state index is 0.244. The SMILES string of the molecule is O=C(NC(CC1CCOC1)OCc1cccc(Br)c1)c1ccon1. The highest BCUT2D eigenvalue weighted by molar-refractivity contribution is 9.10. The van der Waals surface area contributed by atoms with Crippen molar-refractivity contribution in [1.29, 1.82) is 0 Å². The Hall–Kier alpha value is -1.70. The van der Waals surface area contributed by atoms with E-state index in [-0.39, 0.29) is 11.6 Å². The molecule has 0 radical (unpaired) electrons. The van der Waals surface area contributed by atoms with Gasteiger partial charge in [0.05, 0.1) is 6.61 Å². The quantitative estimate of drug-likeness (QED) is 0.730. The van der Waals surface area contributed by atoms with E-state index < -0.39 is 6.23 Å². The van der Waals surface area contributed by atoms with Crippen LogP contribution in [0.1, 0.15) is 28.9 Å². The van der Waals surface area contributed by atoms with Gasteiger partial charge in [-0.05, 0) is 36.5 Å². The second kappa shape index (κ2) is 8.41. The fourth-order valence-corrected chi connectivity index (χ4v) is 3.06. The van der Waals surface area contributed by atoms with E-state index in [1.807, 2.05) is 24.3 Å². The number of ether oxygens (including phenoxy) is 2. The summed E-state index contributed by atoms with van der Waals surface area (Å²) in [6, 6.07) is 9.42. The summed E-state index contributed by atoms with van der Waals surface area (Å²) in [5.74, 6) is 0.0806. The van der Waals surface area contributed by atoms with Crippen LogP contribution in [0.15, 0.2) is 45.6 Å².